The highest BCUT2D eigenvalue weighted by atomic mass is 16.6. The summed E-state index contributed by atoms with van der Waals surface area (Å²) in [5.74, 6) is -3.27. The fourth-order valence-corrected chi connectivity index (χ4v) is 5.58. The number of non-ortho nitro benzene ring substituents is 1. The third-order valence-corrected chi connectivity index (χ3v) is 7.06. The highest BCUT2D eigenvalue weighted by Crippen LogP contribution is 2.51. The van der Waals surface area contributed by atoms with Gasteiger partial charge in [-0.05, 0) is 29.8 Å². The van der Waals surface area contributed by atoms with Crippen LogP contribution < -0.4 is 14.5 Å². The number of Topliss-reactive ketones (excluding diaryl/α,β-unsaturated/α-hetero) is 1. The molecule has 0 saturated carbocycles. The summed E-state index contributed by atoms with van der Waals surface area (Å²) in [5, 5.41) is 11.4. The van der Waals surface area contributed by atoms with Crippen LogP contribution in [0.15, 0.2) is 71.4 Å². The Balaban J connectivity index is 1.51. The van der Waals surface area contributed by atoms with E-state index < -0.39 is 46.4 Å². The first kappa shape index (κ1) is 21.8. The maximum absolute atomic E-state index is 13.9. The van der Waals surface area contributed by atoms with Crippen LogP contribution in [0.1, 0.15) is 16.1 Å². The van der Waals surface area contributed by atoms with Crippen molar-refractivity contribution < 1.29 is 28.5 Å². The molecule has 36 heavy (non-hydrogen) atoms. The summed E-state index contributed by atoms with van der Waals surface area (Å²) in [5.41, 5.74) is 1.29. The molecule has 2 aromatic carbocycles. The number of anilines is 2. The van der Waals surface area contributed by atoms with Crippen molar-refractivity contribution in [2.75, 3.05) is 16.9 Å². The third kappa shape index (κ3) is 2.94. The predicted molar refractivity (Wildman–Crippen MR) is 128 cm³/mol. The molecule has 10 nitrogen and oxygen atoms in total. The number of benzene rings is 2. The molecule has 10 heteroatoms. The van der Waals surface area contributed by atoms with Crippen molar-refractivity contribution >= 4 is 40.7 Å². The minimum atomic E-state index is -1.03. The molecule has 2 amide bonds. The van der Waals surface area contributed by atoms with Crippen molar-refractivity contribution in [3.63, 3.8) is 0 Å². The number of nitro benzene ring substituents is 1. The van der Waals surface area contributed by atoms with Crippen molar-refractivity contribution in [3.8, 4) is 5.75 Å². The van der Waals surface area contributed by atoms with Gasteiger partial charge in [-0.1, -0.05) is 30.4 Å². The quantitative estimate of drug-likeness (QED) is 0.233. The van der Waals surface area contributed by atoms with Gasteiger partial charge in [0.2, 0.25) is 17.6 Å². The summed E-state index contributed by atoms with van der Waals surface area (Å²) in [6.45, 7) is 0. The van der Waals surface area contributed by atoms with Crippen LogP contribution in [0.3, 0.4) is 0 Å². The number of methoxy groups -OCH3 is 1. The molecule has 3 aromatic rings. The molecular formula is C26H19N3O7. The first-order valence-electron chi connectivity index (χ1n) is 11.3. The monoisotopic (exact) mass is 485 g/mol. The smallest absolute Gasteiger partial charge is 0.271 e. The van der Waals surface area contributed by atoms with E-state index in [0.717, 1.165) is 22.2 Å². The average molecular weight is 485 g/mol. The predicted octanol–water partition coefficient (Wildman–Crippen LogP) is 3.47. The molecule has 0 radical (unpaired) electrons. The molecule has 0 N–H and O–H groups in total. The maximum Gasteiger partial charge on any atom is 0.271 e. The van der Waals surface area contributed by atoms with Crippen LogP contribution in [0.4, 0.5) is 17.1 Å². The van der Waals surface area contributed by atoms with Crippen molar-refractivity contribution in [2.24, 2.45) is 11.8 Å². The lowest BCUT2D eigenvalue weighted by Gasteiger charge is -2.36. The van der Waals surface area contributed by atoms with Gasteiger partial charge in [-0.3, -0.25) is 24.5 Å². The minimum absolute atomic E-state index is 0.0213. The van der Waals surface area contributed by atoms with Gasteiger partial charge in [-0.15, -0.1) is 0 Å². The zero-order chi connectivity index (χ0) is 25.1. The van der Waals surface area contributed by atoms with Crippen LogP contribution >= 0.6 is 0 Å². The first-order chi connectivity index (χ1) is 17.4. The minimum Gasteiger partial charge on any atom is -0.495 e. The van der Waals surface area contributed by atoms with Crippen LogP contribution in [-0.2, 0) is 9.59 Å². The number of amides is 2. The molecule has 180 valence electrons. The van der Waals surface area contributed by atoms with E-state index in [4.69, 9.17) is 9.15 Å². The van der Waals surface area contributed by atoms with E-state index in [0.29, 0.717) is 0 Å². The Labute approximate surface area is 204 Å². The third-order valence-electron chi connectivity index (χ3n) is 7.06. The van der Waals surface area contributed by atoms with Gasteiger partial charge in [-0.2, -0.15) is 0 Å². The van der Waals surface area contributed by atoms with Crippen LogP contribution in [0.2, 0.25) is 0 Å². The number of carbonyl (C=O) groups is 3. The number of hydrogen-bond donors (Lipinski definition) is 0. The van der Waals surface area contributed by atoms with E-state index in [1.165, 1.54) is 31.6 Å². The van der Waals surface area contributed by atoms with Crippen molar-refractivity contribution in [3.05, 3.63) is 88.4 Å². The van der Waals surface area contributed by atoms with Gasteiger partial charge in [-0.25, -0.2) is 4.90 Å². The van der Waals surface area contributed by atoms with E-state index >= 15 is 0 Å². The van der Waals surface area contributed by atoms with Gasteiger partial charge in [0.15, 0.2) is 5.76 Å². The van der Waals surface area contributed by atoms with Crippen LogP contribution in [0.25, 0.3) is 6.08 Å². The van der Waals surface area contributed by atoms with E-state index in [2.05, 4.69) is 0 Å². The number of ketones is 1. The maximum atomic E-state index is 13.9. The Bertz CT molecular complexity index is 1460. The first-order valence-corrected chi connectivity index (χ1v) is 11.3. The molecule has 2 saturated heterocycles. The molecule has 3 aliphatic heterocycles. The number of hydrogen-bond acceptors (Lipinski definition) is 8. The summed E-state index contributed by atoms with van der Waals surface area (Å²) in [6, 6.07) is 12.7. The number of imide groups is 1. The van der Waals surface area contributed by atoms with Gasteiger partial charge < -0.3 is 14.1 Å². The second kappa shape index (κ2) is 7.91. The lowest BCUT2D eigenvalue weighted by Crippen LogP contribution is -2.48. The highest BCUT2D eigenvalue weighted by Gasteiger charge is 2.65. The Morgan fingerprint density at radius 1 is 1.03 bits per heavy atom. The van der Waals surface area contributed by atoms with Crippen molar-refractivity contribution in [1.82, 2.24) is 0 Å². The fraction of sp³-hybridized carbons (Fsp3) is 0.192. The zero-order valence-corrected chi connectivity index (χ0v) is 18.9. The Kier molecular flexibility index (Phi) is 4.78. The lowest BCUT2D eigenvalue weighted by atomic mass is 9.87. The molecule has 4 heterocycles. The van der Waals surface area contributed by atoms with Gasteiger partial charge in [0.05, 0.1) is 36.2 Å². The fourth-order valence-electron chi connectivity index (χ4n) is 5.58. The number of ether oxygens (including phenoxy) is 1. The molecule has 3 aliphatic rings. The lowest BCUT2D eigenvalue weighted by molar-refractivity contribution is -0.384. The number of nitrogens with zero attached hydrogens (tertiary/aromatic N) is 3. The number of carbonyl (C=O) groups excluding carboxylic acids is 3. The number of nitro groups is 1. The largest absolute Gasteiger partial charge is 0.495 e. The Hall–Kier alpha value is -4.73. The molecule has 2 fully saturated rings. The molecule has 1 aromatic heterocycles. The molecule has 0 aliphatic carbocycles. The SMILES string of the molecule is COc1ccc([N+](=O)[O-])cc1N1C(=O)[C@@H]2[C@H](C1=O)[C@H]1C=Cc3ccccc3N1[C@@H]2C(=O)c1ccco1. The normalized spacial score (nSPS) is 23.9. The average Bonchev–Trinajstić information content (AvgIpc) is 3.60. The standard InChI is InChI=1S/C26H19N3O7/c1-35-19-11-9-15(29(33)34)13-18(19)28-25(31)21-17-10-8-14-5-2-3-6-16(14)27(17)23(22(21)26(28)32)24(30)20-7-4-12-36-20/h2-13,17,21-23H,1H3/t17-,21-,22-,23+/m1/s1. The van der Waals surface area contributed by atoms with E-state index in [1.54, 1.807) is 6.07 Å². The summed E-state index contributed by atoms with van der Waals surface area (Å²) in [4.78, 5) is 55.1. The van der Waals surface area contributed by atoms with Gasteiger partial charge >= 0.3 is 0 Å². The van der Waals surface area contributed by atoms with Crippen molar-refractivity contribution in [1.29, 1.82) is 0 Å². The Morgan fingerprint density at radius 2 is 1.81 bits per heavy atom. The topological polar surface area (TPSA) is 123 Å². The molecule has 0 spiro atoms. The molecule has 0 unspecified atom stereocenters. The van der Waals surface area contributed by atoms with Gasteiger partial charge in [0, 0.05) is 17.8 Å². The van der Waals surface area contributed by atoms with Gasteiger partial charge in [0.25, 0.3) is 5.69 Å². The number of furan rings is 1. The molecular weight excluding hydrogens is 466 g/mol. The van der Waals surface area contributed by atoms with E-state index in [1.807, 2.05) is 41.3 Å². The summed E-state index contributed by atoms with van der Waals surface area (Å²) < 4.78 is 10.7. The molecule has 4 atom stereocenters. The summed E-state index contributed by atoms with van der Waals surface area (Å²) >= 11 is 0. The van der Waals surface area contributed by atoms with E-state index in [-0.39, 0.29) is 22.9 Å². The molecule has 6 rings (SSSR count). The molecule has 0 bridgehead atoms. The highest BCUT2D eigenvalue weighted by molar-refractivity contribution is 6.26. The van der Waals surface area contributed by atoms with Gasteiger partial charge in [0.1, 0.15) is 17.5 Å². The number of rotatable bonds is 5. The summed E-state index contributed by atoms with van der Waals surface area (Å²) in [7, 11) is 1.35. The van der Waals surface area contributed by atoms with Crippen LogP contribution in [0, 0.1) is 22.0 Å². The van der Waals surface area contributed by atoms with Crippen LogP contribution in [0.5, 0.6) is 5.75 Å². The number of para-hydroxylation sites is 1. The van der Waals surface area contributed by atoms with E-state index in [9.17, 15) is 24.5 Å². The zero-order valence-electron chi connectivity index (χ0n) is 18.9. The van der Waals surface area contributed by atoms with Crippen LogP contribution in [-0.4, -0.2) is 41.7 Å². The summed E-state index contributed by atoms with van der Waals surface area (Å²) in [6.07, 6.45) is 5.08. The second-order valence-electron chi connectivity index (χ2n) is 8.78. The Morgan fingerprint density at radius 3 is 2.53 bits per heavy atom. The number of fused-ring (bicyclic) bond motifs is 5. The van der Waals surface area contributed by atoms with Crippen molar-refractivity contribution in [2.45, 2.75) is 12.1 Å². The second-order valence-corrected chi connectivity index (χ2v) is 8.78.